The molecule has 1 aliphatic heterocycles. The van der Waals surface area contributed by atoms with Crippen molar-refractivity contribution in [2.24, 2.45) is 4.99 Å². The Labute approximate surface area is 181 Å². The van der Waals surface area contributed by atoms with Gasteiger partial charge in [0.15, 0.2) is 5.17 Å². The highest BCUT2D eigenvalue weighted by Gasteiger charge is 2.24. The summed E-state index contributed by atoms with van der Waals surface area (Å²) in [7, 11) is -3.49. The predicted molar refractivity (Wildman–Crippen MR) is 120 cm³/mol. The van der Waals surface area contributed by atoms with Gasteiger partial charge < -0.3 is 5.32 Å². The fraction of sp³-hybridized carbons (Fsp3) is 0.0526. The first-order chi connectivity index (χ1) is 14.3. The van der Waals surface area contributed by atoms with Crippen molar-refractivity contribution in [3.8, 4) is 0 Å². The number of amides is 1. The number of rotatable bonds is 4. The Morgan fingerprint density at radius 2 is 1.93 bits per heavy atom. The Balaban J connectivity index is 1.61. The number of amidine groups is 1. The number of aromatic nitrogens is 2. The third-order valence-corrected chi connectivity index (χ3v) is 5.84. The highest BCUT2D eigenvalue weighted by Crippen LogP contribution is 2.35. The van der Waals surface area contributed by atoms with Crippen molar-refractivity contribution in [2.45, 2.75) is 0 Å². The van der Waals surface area contributed by atoms with Crippen LogP contribution in [0.2, 0.25) is 5.02 Å². The largest absolute Gasteiger partial charge is 0.300 e. The maximum atomic E-state index is 12.3. The van der Waals surface area contributed by atoms with Crippen LogP contribution in [0.25, 0.3) is 17.1 Å². The Bertz CT molecular complexity index is 1340. The Morgan fingerprint density at radius 1 is 1.17 bits per heavy atom. The summed E-state index contributed by atoms with van der Waals surface area (Å²) in [6, 6.07) is 10.3. The summed E-state index contributed by atoms with van der Waals surface area (Å²) in [5.74, 6) is -0.292. The summed E-state index contributed by atoms with van der Waals surface area (Å²) >= 11 is 7.43. The maximum Gasteiger partial charge on any atom is 0.264 e. The highest BCUT2D eigenvalue weighted by atomic mass is 35.5. The van der Waals surface area contributed by atoms with E-state index in [1.54, 1.807) is 30.6 Å². The molecule has 0 spiro atoms. The lowest BCUT2D eigenvalue weighted by atomic mass is 10.2. The van der Waals surface area contributed by atoms with Crippen LogP contribution >= 0.6 is 23.4 Å². The molecule has 2 heterocycles. The van der Waals surface area contributed by atoms with Gasteiger partial charge in [0, 0.05) is 12.4 Å². The van der Waals surface area contributed by atoms with E-state index in [0.717, 1.165) is 34.6 Å². The molecule has 1 aromatic heterocycles. The molecule has 11 heteroatoms. The van der Waals surface area contributed by atoms with Crippen molar-refractivity contribution in [1.82, 2.24) is 15.3 Å². The number of halogens is 1. The number of nitrogens with one attached hydrogen (secondary N) is 2. The minimum absolute atomic E-state index is 0.135. The minimum Gasteiger partial charge on any atom is -0.300 e. The van der Waals surface area contributed by atoms with Crippen LogP contribution in [0.1, 0.15) is 5.56 Å². The van der Waals surface area contributed by atoms with Gasteiger partial charge in [0.25, 0.3) is 5.91 Å². The molecule has 1 amide bonds. The zero-order valence-electron chi connectivity index (χ0n) is 15.5. The smallest absolute Gasteiger partial charge is 0.264 e. The summed E-state index contributed by atoms with van der Waals surface area (Å²) in [6.45, 7) is 0. The molecule has 0 saturated carbocycles. The Hall–Kier alpha value is -2.95. The molecule has 30 heavy (non-hydrogen) atoms. The second-order valence-electron chi connectivity index (χ2n) is 6.30. The van der Waals surface area contributed by atoms with E-state index in [-0.39, 0.29) is 16.6 Å². The molecule has 1 fully saturated rings. The van der Waals surface area contributed by atoms with Crippen LogP contribution in [-0.4, -0.2) is 35.7 Å². The van der Waals surface area contributed by atoms with Crippen LogP contribution in [0, 0.1) is 0 Å². The van der Waals surface area contributed by atoms with Gasteiger partial charge in [-0.3, -0.25) is 19.5 Å². The van der Waals surface area contributed by atoms with E-state index in [2.05, 4.69) is 25.0 Å². The third kappa shape index (κ3) is 4.61. The van der Waals surface area contributed by atoms with Gasteiger partial charge >= 0.3 is 0 Å². The van der Waals surface area contributed by atoms with E-state index in [4.69, 9.17) is 11.6 Å². The molecule has 4 rings (SSSR count). The lowest BCUT2D eigenvalue weighted by Gasteiger charge is -2.08. The fourth-order valence-corrected chi connectivity index (χ4v) is 4.37. The van der Waals surface area contributed by atoms with Crippen LogP contribution < -0.4 is 10.0 Å². The van der Waals surface area contributed by atoms with Gasteiger partial charge in [-0.25, -0.2) is 13.4 Å². The summed E-state index contributed by atoms with van der Waals surface area (Å²) < 4.78 is 25.3. The summed E-state index contributed by atoms with van der Waals surface area (Å²) in [5.41, 5.74) is 2.84. The van der Waals surface area contributed by atoms with Gasteiger partial charge in [-0.2, -0.15) is 0 Å². The standard InChI is InChI=1S/C19H14ClN5O3S2/c1-30(27,28)25-14-4-2-3-13(17(14)20)23-19-24-18(26)16(29-19)10-11-5-6-12-15(9-11)22-8-7-21-12/h2-10,25H,1H3,(H,23,24,26)/b16-10-. The molecule has 0 unspecified atom stereocenters. The average molecular weight is 460 g/mol. The summed E-state index contributed by atoms with van der Waals surface area (Å²) in [4.78, 5) is 25.7. The predicted octanol–water partition coefficient (Wildman–Crippen LogP) is 3.55. The molecule has 152 valence electrons. The number of fused-ring (bicyclic) bond motifs is 1. The second-order valence-corrected chi connectivity index (χ2v) is 9.46. The number of benzene rings is 2. The van der Waals surface area contributed by atoms with Gasteiger partial charge in [0.05, 0.1) is 38.6 Å². The number of hydrogen-bond donors (Lipinski definition) is 2. The molecular formula is C19H14ClN5O3S2. The normalized spacial score (nSPS) is 16.9. The van der Waals surface area contributed by atoms with Crippen molar-refractivity contribution in [2.75, 3.05) is 11.0 Å². The van der Waals surface area contributed by atoms with Gasteiger partial charge in [-0.15, -0.1) is 0 Å². The zero-order chi connectivity index (χ0) is 21.3. The van der Waals surface area contributed by atoms with Crippen molar-refractivity contribution < 1.29 is 13.2 Å². The molecule has 0 radical (unpaired) electrons. The number of nitrogens with zero attached hydrogens (tertiary/aromatic N) is 3. The van der Waals surface area contributed by atoms with Gasteiger partial charge in [0.1, 0.15) is 0 Å². The van der Waals surface area contributed by atoms with Gasteiger partial charge in [-0.05, 0) is 47.7 Å². The van der Waals surface area contributed by atoms with Crippen molar-refractivity contribution >= 4 is 72.9 Å². The third-order valence-electron chi connectivity index (χ3n) is 3.94. The number of hydrogen-bond acceptors (Lipinski definition) is 7. The second kappa shape index (κ2) is 8.05. The van der Waals surface area contributed by atoms with Crippen molar-refractivity contribution in [3.63, 3.8) is 0 Å². The number of aliphatic imine (C=N–C) groups is 1. The Morgan fingerprint density at radius 3 is 2.70 bits per heavy atom. The maximum absolute atomic E-state index is 12.3. The summed E-state index contributed by atoms with van der Waals surface area (Å²) in [5, 5.41) is 3.16. The molecule has 1 aliphatic rings. The number of carbonyl (C=O) groups is 1. The topological polar surface area (TPSA) is 113 Å². The molecule has 3 aromatic rings. The number of sulfonamides is 1. The number of carbonyl (C=O) groups excluding carboxylic acids is 1. The lowest BCUT2D eigenvalue weighted by Crippen LogP contribution is -2.19. The highest BCUT2D eigenvalue weighted by molar-refractivity contribution is 8.18. The van der Waals surface area contributed by atoms with E-state index < -0.39 is 10.0 Å². The molecule has 8 nitrogen and oxygen atoms in total. The van der Waals surface area contributed by atoms with E-state index in [1.807, 2.05) is 18.2 Å². The number of anilines is 1. The first kappa shape index (κ1) is 20.3. The van der Waals surface area contributed by atoms with Crippen molar-refractivity contribution in [1.29, 1.82) is 0 Å². The van der Waals surface area contributed by atoms with Crippen LogP contribution in [0.3, 0.4) is 0 Å². The van der Waals surface area contributed by atoms with Crippen LogP contribution in [0.15, 0.2) is 58.7 Å². The minimum atomic E-state index is -3.49. The summed E-state index contributed by atoms with van der Waals surface area (Å²) in [6.07, 6.45) is 6.00. The quantitative estimate of drug-likeness (QED) is 0.577. The van der Waals surface area contributed by atoms with Crippen LogP contribution in [0.4, 0.5) is 11.4 Å². The molecule has 1 saturated heterocycles. The van der Waals surface area contributed by atoms with E-state index in [1.165, 1.54) is 6.07 Å². The first-order valence-electron chi connectivity index (χ1n) is 8.55. The molecule has 2 N–H and O–H groups in total. The van der Waals surface area contributed by atoms with E-state index in [0.29, 0.717) is 15.8 Å². The molecule has 0 aliphatic carbocycles. The van der Waals surface area contributed by atoms with Crippen LogP contribution in [0.5, 0.6) is 0 Å². The zero-order valence-corrected chi connectivity index (χ0v) is 17.8. The van der Waals surface area contributed by atoms with Crippen molar-refractivity contribution in [3.05, 3.63) is 64.3 Å². The van der Waals surface area contributed by atoms with Gasteiger partial charge in [-0.1, -0.05) is 23.7 Å². The van der Waals surface area contributed by atoms with E-state index >= 15 is 0 Å². The molecule has 0 atom stereocenters. The van der Waals surface area contributed by atoms with E-state index in [9.17, 15) is 13.2 Å². The molecule has 2 aromatic carbocycles. The average Bonchev–Trinajstić information content (AvgIpc) is 3.03. The Kier molecular flexibility index (Phi) is 5.46. The monoisotopic (exact) mass is 459 g/mol. The SMILES string of the molecule is CS(=O)(=O)Nc1cccc(N=C2NC(=O)/C(=C/c3ccc4nccnc4c3)S2)c1Cl. The molecule has 0 bridgehead atoms. The van der Waals surface area contributed by atoms with Crippen LogP contribution in [-0.2, 0) is 14.8 Å². The van der Waals surface area contributed by atoms with Gasteiger partial charge in [0.2, 0.25) is 10.0 Å². The molecular weight excluding hydrogens is 446 g/mol. The first-order valence-corrected chi connectivity index (χ1v) is 11.6. The lowest BCUT2D eigenvalue weighted by molar-refractivity contribution is -0.115. The fourth-order valence-electron chi connectivity index (χ4n) is 2.70. The number of thioether (sulfide) groups is 1.